The van der Waals surface area contributed by atoms with Gasteiger partial charge in [-0.15, -0.1) is 0 Å². The normalized spacial score (nSPS) is 15.6. The molecular formula is C17H23NO3. The average molecular weight is 289 g/mol. The quantitative estimate of drug-likeness (QED) is 0.686. The number of rotatable bonds is 3. The van der Waals surface area contributed by atoms with Crippen molar-refractivity contribution in [1.82, 2.24) is 0 Å². The molecule has 0 radical (unpaired) electrons. The van der Waals surface area contributed by atoms with Crippen LogP contribution in [0, 0.1) is 0 Å². The molecule has 21 heavy (non-hydrogen) atoms. The highest BCUT2D eigenvalue weighted by Gasteiger charge is 2.18. The lowest BCUT2D eigenvalue weighted by Crippen LogP contribution is -2.29. The van der Waals surface area contributed by atoms with E-state index in [1.807, 2.05) is 32.9 Å². The van der Waals surface area contributed by atoms with Crippen molar-refractivity contribution in [3.63, 3.8) is 0 Å². The number of carbonyl (C=O) groups excluding carboxylic acids is 1. The summed E-state index contributed by atoms with van der Waals surface area (Å²) in [7, 11) is 0. The summed E-state index contributed by atoms with van der Waals surface area (Å²) in [5.41, 5.74) is 2.26. The first kappa shape index (κ1) is 15.6. The second-order valence-electron chi connectivity index (χ2n) is 6.27. The minimum atomic E-state index is -0.478. The molecule has 0 fully saturated rings. The summed E-state index contributed by atoms with van der Waals surface area (Å²) in [6.45, 7) is 7.40. The predicted molar refractivity (Wildman–Crippen MR) is 83.6 cm³/mol. The molecule has 0 spiro atoms. The van der Waals surface area contributed by atoms with Crippen LogP contribution in [0.3, 0.4) is 0 Å². The molecule has 0 aliphatic carbocycles. The van der Waals surface area contributed by atoms with Crippen LogP contribution in [0.5, 0.6) is 0 Å². The molecule has 1 aliphatic rings. The van der Waals surface area contributed by atoms with Crippen molar-refractivity contribution < 1.29 is 14.6 Å². The maximum atomic E-state index is 12.0. The highest BCUT2D eigenvalue weighted by molar-refractivity contribution is 5.90. The molecule has 1 aromatic rings. The van der Waals surface area contributed by atoms with Crippen LogP contribution < -0.4 is 4.90 Å². The zero-order valence-electron chi connectivity index (χ0n) is 12.9. The Morgan fingerprint density at radius 1 is 1.29 bits per heavy atom. The first-order valence-electron chi connectivity index (χ1n) is 7.26. The van der Waals surface area contributed by atoms with Gasteiger partial charge in [-0.3, -0.25) is 0 Å². The van der Waals surface area contributed by atoms with Gasteiger partial charge in [-0.25, -0.2) is 4.79 Å². The Morgan fingerprint density at radius 3 is 2.43 bits per heavy atom. The standard InChI is InChI=1S/C17H23NO3/c1-17(2,3)21-16(20)14-4-6-15(7-5-14)18-10-8-13(12-19)9-11-18/h4-8,19H,9-12H2,1-3H3. The Labute approximate surface area is 126 Å². The molecule has 0 unspecified atom stereocenters. The lowest BCUT2D eigenvalue weighted by molar-refractivity contribution is 0.00696. The first-order chi connectivity index (χ1) is 9.89. The van der Waals surface area contributed by atoms with Gasteiger partial charge < -0.3 is 14.7 Å². The van der Waals surface area contributed by atoms with E-state index < -0.39 is 5.60 Å². The summed E-state index contributed by atoms with van der Waals surface area (Å²) >= 11 is 0. The topological polar surface area (TPSA) is 49.8 Å². The molecule has 0 amide bonds. The van der Waals surface area contributed by atoms with Gasteiger partial charge >= 0.3 is 5.97 Å². The Morgan fingerprint density at radius 2 is 1.95 bits per heavy atom. The van der Waals surface area contributed by atoms with E-state index in [0.29, 0.717) is 5.56 Å². The largest absolute Gasteiger partial charge is 0.456 e. The number of esters is 1. The molecule has 1 aliphatic heterocycles. The van der Waals surface area contributed by atoms with Crippen LogP contribution in [-0.2, 0) is 4.74 Å². The first-order valence-corrected chi connectivity index (χ1v) is 7.26. The van der Waals surface area contributed by atoms with Gasteiger partial charge in [0.05, 0.1) is 12.2 Å². The Hall–Kier alpha value is -1.81. The zero-order chi connectivity index (χ0) is 15.5. The van der Waals surface area contributed by atoms with E-state index in [9.17, 15) is 4.79 Å². The maximum absolute atomic E-state index is 12.0. The highest BCUT2D eigenvalue weighted by atomic mass is 16.6. The highest BCUT2D eigenvalue weighted by Crippen LogP contribution is 2.21. The van der Waals surface area contributed by atoms with Crippen LogP contribution >= 0.6 is 0 Å². The van der Waals surface area contributed by atoms with Gasteiger partial charge in [0.2, 0.25) is 0 Å². The molecule has 1 N–H and O–H groups in total. The molecule has 0 saturated heterocycles. The summed E-state index contributed by atoms with van der Waals surface area (Å²) in [5, 5.41) is 9.10. The number of aliphatic hydroxyl groups excluding tert-OH is 1. The third kappa shape index (κ3) is 4.33. The average Bonchev–Trinajstić information content (AvgIpc) is 2.46. The smallest absolute Gasteiger partial charge is 0.338 e. The maximum Gasteiger partial charge on any atom is 0.338 e. The summed E-state index contributed by atoms with van der Waals surface area (Å²) in [6, 6.07) is 7.48. The Kier molecular flexibility index (Phi) is 4.68. The van der Waals surface area contributed by atoms with Crippen LogP contribution in [0.15, 0.2) is 35.9 Å². The Balaban J connectivity index is 2.03. The zero-order valence-corrected chi connectivity index (χ0v) is 12.9. The summed E-state index contributed by atoms with van der Waals surface area (Å²) in [6.07, 6.45) is 2.94. The van der Waals surface area contributed by atoms with Crippen molar-refractivity contribution >= 4 is 11.7 Å². The molecule has 0 bridgehead atoms. The van der Waals surface area contributed by atoms with Crippen LogP contribution in [-0.4, -0.2) is 36.4 Å². The minimum Gasteiger partial charge on any atom is -0.456 e. The number of hydrogen-bond acceptors (Lipinski definition) is 4. The molecule has 4 heteroatoms. The van der Waals surface area contributed by atoms with Crippen molar-refractivity contribution in [2.24, 2.45) is 0 Å². The van der Waals surface area contributed by atoms with Crippen molar-refractivity contribution in [2.75, 3.05) is 24.6 Å². The van der Waals surface area contributed by atoms with Gasteiger partial charge in [0, 0.05) is 18.8 Å². The number of nitrogens with zero attached hydrogens (tertiary/aromatic N) is 1. The molecular weight excluding hydrogens is 266 g/mol. The van der Waals surface area contributed by atoms with E-state index in [2.05, 4.69) is 11.0 Å². The van der Waals surface area contributed by atoms with E-state index in [0.717, 1.165) is 30.8 Å². The predicted octanol–water partition coefficient (Wildman–Crippen LogP) is 2.77. The summed E-state index contributed by atoms with van der Waals surface area (Å²) < 4.78 is 5.35. The van der Waals surface area contributed by atoms with Gasteiger partial charge in [-0.2, -0.15) is 0 Å². The molecule has 0 atom stereocenters. The minimum absolute atomic E-state index is 0.144. The van der Waals surface area contributed by atoms with E-state index in [1.54, 1.807) is 12.1 Å². The number of anilines is 1. The number of ether oxygens (including phenoxy) is 1. The van der Waals surface area contributed by atoms with Crippen LogP contribution in [0.25, 0.3) is 0 Å². The number of benzene rings is 1. The number of aliphatic hydroxyl groups is 1. The fourth-order valence-corrected chi connectivity index (χ4v) is 2.23. The van der Waals surface area contributed by atoms with Crippen molar-refractivity contribution in [3.05, 3.63) is 41.5 Å². The van der Waals surface area contributed by atoms with Gasteiger partial charge in [0.1, 0.15) is 5.60 Å². The lowest BCUT2D eigenvalue weighted by Gasteiger charge is -2.28. The SMILES string of the molecule is CC(C)(C)OC(=O)c1ccc(N2CC=C(CO)CC2)cc1. The number of carbonyl (C=O) groups is 1. The molecule has 114 valence electrons. The summed E-state index contributed by atoms with van der Waals surface area (Å²) in [4.78, 5) is 14.2. The van der Waals surface area contributed by atoms with Crippen molar-refractivity contribution in [1.29, 1.82) is 0 Å². The van der Waals surface area contributed by atoms with Crippen LogP contribution in [0.2, 0.25) is 0 Å². The van der Waals surface area contributed by atoms with E-state index in [-0.39, 0.29) is 12.6 Å². The van der Waals surface area contributed by atoms with Crippen molar-refractivity contribution in [2.45, 2.75) is 32.8 Å². The van der Waals surface area contributed by atoms with E-state index in [1.165, 1.54) is 0 Å². The van der Waals surface area contributed by atoms with E-state index in [4.69, 9.17) is 9.84 Å². The van der Waals surface area contributed by atoms with Gasteiger partial charge in [-0.1, -0.05) is 6.08 Å². The Bertz CT molecular complexity index is 526. The number of hydrogen-bond donors (Lipinski definition) is 1. The molecule has 0 aromatic heterocycles. The second-order valence-corrected chi connectivity index (χ2v) is 6.27. The third-order valence-electron chi connectivity index (χ3n) is 3.37. The molecule has 0 saturated carbocycles. The van der Waals surface area contributed by atoms with Gasteiger partial charge in [0.25, 0.3) is 0 Å². The second kappa shape index (κ2) is 6.31. The monoisotopic (exact) mass is 289 g/mol. The third-order valence-corrected chi connectivity index (χ3v) is 3.37. The van der Waals surface area contributed by atoms with Crippen LogP contribution in [0.1, 0.15) is 37.6 Å². The lowest BCUT2D eigenvalue weighted by atomic mass is 10.1. The van der Waals surface area contributed by atoms with Gasteiger partial charge in [0.15, 0.2) is 0 Å². The fraction of sp³-hybridized carbons (Fsp3) is 0.471. The molecule has 1 aromatic carbocycles. The van der Waals surface area contributed by atoms with Gasteiger partial charge in [-0.05, 0) is 57.0 Å². The van der Waals surface area contributed by atoms with E-state index >= 15 is 0 Å². The summed E-state index contributed by atoms with van der Waals surface area (Å²) in [5.74, 6) is -0.296. The fourth-order valence-electron chi connectivity index (χ4n) is 2.23. The molecule has 2 rings (SSSR count). The van der Waals surface area contributed by atoms with Crippen molar-refractivity contribution in [3.8, 4) is 0 Å². The molecule has 4 nitrogen and oxygen atoms in total. The van der Waals surface area contributed by atoms with Crippen LogP contribution in [0.4, 0.5) is 5.69 Å². The molecule has 1 heterocycles.